The second kappa shape index (κ2) is 3.57. The molecule has 0 bridgehead atoms. The molecule has 1 aromatic rings. The lowest BCUT2D eigenvalue weighted by Gasteiger charge is -2.06. The highest BCUT2D eigenvalue weighted by atomic mass is 19.1. The van der Waals surface area contributed by atoms with Crippen LogP contribution in [0.1, 0.15) is 26.5 Å². The van der Waals surface area contributed by atoms with Gasteiger partial charge in [0.2, 0.25) is 0 Å². The lowest BCUT2D eigenvalue weighted by Crippen LogP contribution is -1.99. The summed E-state index contributed by atoms with van der Waals surface area (Å²) in [5, 5.41) is 0. The Labute approximate surface area is 78.0 Å². The molecule has 0 saturated carbocycles. The minimum atomic E-state index is -0.332. The van der Waals surface area contributed by atoms with Crippen LogP contribution < -0.4 is 0 Å². The van der Waals surface area contributed by atoms with E-state index in [1.165, 1.54) is 12.3 Å². The van der Waals surface area contributed by atoms with Crippen molar-refractivity contribution >= 4 is 0 Å². The molecule has 0 saturated heterocycles. The van der Waals surface area contributed by atoms with E-state index in [0.717, 1.165) is 0 Å². The van der Waals surface area contributed by atoms with Gasteiger partial charge in [-0.1, -0.05) is 5.92 Å². The Morgan fingerprint density at radius 3 is 2.46 bits per heavy atom. The van der Waals surface area contributed by atoms with Crippen molar-refractivity contribution in [1.82, 2.24) is 4.98 Å². The molecule has 1 nitrogen and oxygen atoms in total. The highest BCUT2D eigenvalue weighted by molar-refractivity contribution is 5.28. The number of aromatic nitrogens is 1. The highest BCUT2D eigenvalue weighted by Gasteiger charge is 2.03. The summed E-state index contributed by atoms with van der Waals surface area (Å²) in [6, 6.07) is 2.94. The molecular weight excluding hydrogens is 165 g/mol. The Hall–Kier alpha value is -1.36. The van der Waals surface area contributed by atoms with Gasteiger partial charge in [0.05, 0.1) is 6.20 Å². The summed E-state index contributed by atoms with van der Waals surface area (Å²) in [6.07, 6.45) is 1.17. The van der Waals surface area contributed by atoms with Gasteiger partial charge in [0.1, 0.15) is 11.5 Å². The lowest BCUT2D eigenvalue weighted by atomic mass is 9.98. The van der Waals surface area contributed by atoms with Crippen LogP contribution in [-0.4, -0.2) is 4.98 Å². The quantitative estimate of drug-likeness (QED) is 0.555. The maximum atomic E-state index is 12.5. The van der Waals surface area contributed by atoms with Gasteiger partial charge in [-0.15, -0.1) is 0 Å². The molecule has 0 N–H and O–H groups in total. The fourth-order valence-corrected chi connectivity index (χ4v) is 0.701. The van der Waals surface area contributed by atoms with Crippen molar-refractivity contribution in [2.24, 2.45) is 5.41 Å². The maximum absolute atomic E-state index is 12.5. The zero-order chi connectivity index (χ0) is 9.90. The zero-order valence-electron chi connectivity index (χ0n) is 8.06. The molecule has 13 heavy (non-hydrogen) atoms. The smallest absolute Gasteiger partial charge is 0.141 e. The third-order valence-electron chi connectivity index (χ3n) is 1.29. The fraction of sp³-hybridized carbons (Fsp3) is 0.364. The van der Waals surface area contributed by atoms with Crippen molar-refractivity contribution in [3.63, 3.8) is 0 Å². The summed E-state index contributed by atoms with van der Waals surface area (Å²) in [4.78, 5) is 3.83. The molecule has 0 amide bonds. The topological polar surface area (TPSA) is 12.9 Å². The van der Waals surface area contributed by atoms with Crippen molar-refractivity contribution < 1.29 is 4.39 Å². The van der Waals surface area contributed by atoms with Crippen LogP contribution in [-0.2, 0) is 0 Å². The molecule has 0 radical (unpaired) electrons. The van der Waals surface area contributed by atoms with Crippen LogP contribution in [0.4, 0.5) is 4.39 Å². The van der Waals surface area contributed by atoms with Crippen LogP contribution in [0, 0.1) is 23.1 Å². The summed E-state index contributed by atoms with van der Waals surface area (Å²) in [5.41, 5.74) is 0.562. The number of nitrogens with zero attached hydrogens (tertiary/aromatic N) is 1. The van der Waals surface area contributed by atoms with Crippen LogP contribution in [0.25, 0.3) is 0 Å². The molecule has 0 unspecified atom stereocenters. The molecule has 1 heterocycles. The van der Waals surface area contributed by atoms with E-state index in [1.807, 2.05) is 20.8 Å². The highest BCUT2D eigenvalue weighted by Crippen LogP contribution is 2.10. The summed E-state index contributed by atoms with van der Waals surface area (Å²) >= 11 is 0. The van der Waals surface area contributed by atoms with Gasteiger partial charge < -0.3 is 0 Å². The zero-order valence-corrected chi connectivity index (χ0v) is 8.06. The molecule has 0 aliphatic carbocycles. The molecule has 0 aliphatic heterocycles. The van der Waals surface area contributed by atoms with Crippen LogP contribution in [0.3, 0.4) is 0 Å². The minimum absolute atomic E-state index is 0.0456. The van der Waals surface area contributed by atoms with Crippen molar-refractivity contribution in [2.75, 3.05) is 0 Å². The van der Waals surface area contributed by atoms with Crippen molar-refractivity contribution in [3.05, 3.63) is 29.8 Å². The maximum Gasteiger partial charge on any atom is 0.141 e. The van der Waals surface area contributed by atoms with Gasteiger partial charge in [0.15, 0.2) is 0 Å². The second-order valence-electron chi connectivity index (χ2n) is 3.86. The van der Waals surface area contributed by atoms with E-state index in [-0.39, 0.29) is 11.2 Å². The first-order valence-electron chi connectivity index (χ1n) is 4.12. The van der Waals surface area contributed by atoms with E-state index < -0.39 is 0 Å². The van der Waals surface area contributed by atoms with Gasteiger partial charge >= 0.3 is 0 Å². The summed E-state index contributed by atoms with van der Waals surface area (Å²) < 4.78 is 12.5. The first-order chi connectivity index (χ1) is 5.97. The number of rotatable bonds is 0. The fourth-order valence-electron chi connectivity index (χ4n) is 0.701. The van der Waals surface area contributed by atoms with Crippen LogP contribution in [0.5, 0.6) is 0 Å². The Bertz CT molecular complexity index is 335. The third kappa shape index (κ3) is 3.71. The SMILES string of the molecule is CC(C)(C)C#Cc1ccc(F)cn1. The van der Waals surface area contributed by atoms with E-state index in [2.05, 4.69) is 16.8 Å². The van der Waals surface area contributed by atoms with Gasteiger partial charge in [-0.3, -0.25) is 0 Å². The molecule has 0 atom stereocenters. The molecule has 2 heteroatoms. The Balaban J connectivity index is 2.85. The average Bonchev–Trinajstić information content (AvgIpc) is 2.02. The summed E-state index contributed by atoms with van der Waals surface area (Å²) in [6.45, 7) is 6.05. The van der Waals surface area contributed by atoms with Gasteiger partial charge in [0, 0.05) is 5.41 Å². The normalized spacial score (nSPS) is 10.5. The molecule has 0 fully saturated rings. The van der Waals surface area contributed by atoms with Crippen LogP contribution in [0.15, 0.2) is 18.3 Å². The molecule has 1 aromatic heterocycles. The van der Waals surface area contributed by atoms with Gasteiger partial charge in [-0.2, -0.15) is 0 Å². The predicted molar refractivity (Wildman–Crippen MR) is 50.5 cm³/mol. The monoisotopic (exact) mass is 177 g/mol. The Morgan fingerprint density at radius 2 is 2.00 bits per heavy atom. The third-order valence-corrected chi connectivity index (χ3v) is 1.29. The van der Waals surface area contributed by atoms with Crippen molar-refractivity contribution in [3.8, 4) is 11.8 Å². The number of halogens is 1. The number of hydrogen-bond acceptors (Lipinski definition) is 1. The number of hydrogen-bond donors (Lipinski definition) is 0. The molecule has 0 spiro atoms. The molecule has 68 valence electrons. The van der Waals surface area contributed by atoms with E-state index in [1.54, 1.807) is 6.07 Å². The van der Waals surface area contributed by atoms with Crippen molar-refractivity contribution in [1.29, 1.82) is 0 Å². The lowest BCUT2D eigenvalue weighted by molar-refractivity contribution is 0.571. The first-order valence-corrected chi connectivity index (χ1v) is 4.12. The predicted octanol–water partition coefficient (Wildman–Crippen LogP) is 2.62. The van der Waals surface area contributed by atoms with Crippen LogP contribution >= 0.6 is 0 Å². The minimum Gasteiger partial charge on any atom is -0.245 e. The largest absolute Gasteiger partial charge is 0.245 e. The molecular formula is C11H12FN. The standard InChI is InChI=1S/C11H12FN/c1-11(2,3)7-6-10-5-4-9(12)8-13-10/h4-5,8H,1-3H3. The van der Waals surface area contributed by atoms with Crippen LogP contribution in [0.2, 0.25) is 0 Å². The van der Waals surface area contributed by atoms with Gasteiger partial charge in [-0.05, 0) is 38.8 Å². The summed E-state index contributed by atoms with van der Waals surface area (Å²) in [7, 11) is 0. The molecule has 0 aromatic carbocycles. The van der Waals surface area contributed by atoms with E-state index in [0.29, 0.717) is 5.69 Å². The summed E-state index contributed by atoms with van der Waals surface area (Å²) in [5.74, 6) is 5.57. The average molecular weight is 177 g/mol. The second-order valence-corrected chi connectivity index (χ2v) is 3.86. The van der Waals surface area contributed by atoms with E-state index in [9.17, 15) is 4.39 Å². The Kier molecular flexibility index (Phi) is 2.67. The molecule has 0 aliphatic rings. The Morgan fingerprint density at radius 1 is 1.31 bits per heavy atom. The number of pyridine rings is 1. The van der Waals surface area contributed by atoms with Gasteiger partial charge in [-0.25, -0.2) is 9.37 Å². The molecule has 1 rings (SSSR count). The first kappa shape index (κ1) is 9.73. The van der Waals surface area contributed by atoms with E-state index in [4.69, 9.17) is 0 Å². The van der Waals surface area contributed by atoms with Gasteiger partial charge in [0.25, 0.3) is 0 Å². The van der Waals surface area contributed by atoms with E-state index >= 15 is 0 Å². The van der Waals surface area contributed by atoms with Crippen molar-refractivity contribution in [2.45, 2.75) is 20.8 Å².